The van der Waals surface area contributed by atoms with E-state index in [4.69, 9.17) is 15.3 Å². The lowest BCUT2D eigenvalue weighted by Crippen LogP contribution is -2.26. The molecule has 0 amide bonds. The average molecular weight is 707 g/mol. The molecule has 6 heteroatoms. The number of benzene rings is 7. The highest BCUT2D eigenvalue weighted by molar-refractivity contribution is 5.52. The van der Waals surface area contributed by atoms with E-state index in [9.17, 15) is 15.3 Å². The molecule has 0 saturated carbocycles. The van der Waals surface area contributed by atoms with E-state index >= 15 is 0 Å². The molecule has 0 fully saturated rings. The molecule has 0 aliphatic heterocycles. The van der Waals surface area contributed by atoms with Crippen molar-refractivity contribution in [2.45, 2.75) is 31.6 Å². The predicted molar refractivity (Wildman–Crippen MR) is 213 cm³/mol. The van der Waals surface area contributed by atoms with Gasteiger partial charge in [-0.2, -0.15) is 0 Å². The van der Waals surface area contributed by atoms with Crippen molar-refractivity contribution in [1.29, 1.82) is 0 Å². The minimum atomic E-state index is -0.470. The van der Waals surface area contributed by atoms with Gasteiger partial charge in [-0.3, -0.25) is 0 Å². The van der Waals surface area contributed by atoms with Gasteiger partial charge in [0.1, 0.15) is 34.5 Å². The summed E-state index contributed by atoms with van der Waals surface area (Å²) in [7, 11) is 0. The number of para-hydroxylation sites is 3. The quantitative estimate of drug-likeness (QED) is 0.0991. The Morgan fingerprint density at radius 2 is 0.434 bits per heavy atom. The van der Waals surface area contributed by atoms with Crippen molar-refractivity contribution < 1.29 is 30.6 Å². The summed E-state index contributed by atoms with van der Waals surface area (Å²) < 4.78 is 0. The number of hydrogen-bond acceptors (Lipinski definition) is 6. The molecule has 7 aromatic carbocycles. The third-order valence-corrected chi connectivity index (χ3v) is 8.93. The summed E-state index contributed by atoms with van der Waals surface area (Å²) in [6.45, 7) is 6.51. The predicted octanol–water partition coefficient (Wildman–Crippen LogP) is 10.7. The Kier molecular flexibility index (Phi) is 13.7. The Morgan fingerprint density at radius 3 is 0.660 bits per heavy atom. The molecule has 0 spiro atoms. The van der Waals surface area contributed by atoms with Crippen LogP contribution in [0.15, 0.2) is 188 Å². The van der Waals surface area contributed by atoms with Crippen LogP contribution < -0.4 is 0 Å². The average Bonchev–Trinajstić information content (AvgIpc) is 3.17. The maximum atomic E-state index is 9.80. The van der Waals surface area contributed by atoms with Crippen LogP contribution in [-0.4, -0.2) is 30.6 Å². The Balaban J connectivity index is 0.000000238. The summed E-state index contributed by atoms with van der Waals surface area (Å²) in [5.74, 6) is 1.69. The summed E-state index contributed by atoms with van der Waals surface area (Å²) in [5, 5.41) is 55.1. The van der Waals surface area contributed by atoms with Crippen LogP contribution in [0.4, 0.5) is 0 Å². The van der Waals surface area contributed by atoms with E-state index in [0.29, 0.717) is 17.2 Å². The van der Waals surface area contributed by atoms with E-state index in [1.54, 1.807) is 109 Å². The lowest BCUT2D eigenvalue weighted by Gasteiger charge is -2.33. The van der Waals surface area contributed by atoms with E-state index in [-0.39, 0.29) is 22.7 Å². The lowest BCUT2D eigenvalue weighted by molar-refractivity contribution is 0.473. The fraction of sp³-hybridized carbons (Fsp3) is 0.106. The van der Waals surface area contributed by atoms with Crippen molar-refractivity contribution in [3.63, 3.8) is 0 Å². The summed E-state index contributed by atoms with van der Waals surface area (Å²) >= 11 is 0. The minimum Gasteiger partial charge on any atom is -0.508 e. The van der Waals surface area contributed by atoms with Gasteiger partial charge in [-0.15, -0.1) is 0 Å². The number of phenols is 6. The third-order valence-electron chi connectivity index (χ3n) is 8.93. The van der Waals surface area contributed by atoms with Gasteiger partial charge in [-0.1, -0.05) is 129 Å². The lowest BCUT2D eigenvalue weighted by atomic mass is 9.70. The first-order valence-corrected chi connectivity index (χ1v) is 17.1. The maximum absolute atomic E-state index is 9.80. The van der Waals surface area contributed by atoms with Crippen LogP contribution in [0.1, 0.15) is 48.6 Å². The molecule has 6 N–H and O–H groups in total. The second-order valence-corrected chi connectivity index (χ2v) is 13.0. The normalized spacial score (nSPS) is 10.6. The molecule has 7 rings (SSSR count). The third kappa shape index (κ3) is 11.2. The zero-order valence-corrected chi connectivity index (χ0v) is 30.1. The molecule has 0 heterocycles. The second kappa shape index (κ2) is 18.5. The molecular formula is C47H46O6. The fourth-order valence-corrected chi connectivity index (χ4v) is 5.64. The highest BCUT2D eigenvalue weighted by atomic mass is 16.3. The topological polar surface area (TPSA) is 121 Å². The molecule has 0 unspecified atom stereocenters. The summed E-state index contributed by atoms with van der Waals surface area (Å²) in [6, 6.07) is 56.7. The van der Waals surface area contributed by atoms with Gasteiger partial charge in [-0.25, -0.2) is 0 Å². The van der Waals surface area contributed by atoms with Crippen molar-refractivity contribution in [3.8, 4) is 34.5 Å². The number of aromatic hydroxyl groups is 6. The molecule has 0 aliphatic carbocycles. The van der Waals surface area contributed by atoms with Crippen LogP contribution in [0.25, 0.3) is 0 Å². The van der Waals surface area contributed by atoms with Gasteiger partial charge in [0.15, 0.2) is 0 Å². The molecule has 0 radical (unpaired) electrons. The van der Waals surface area contributed by atoms with Crippen molar-refractivity contribution in [3.05, 3.63) is 216 Å². The molecule has 6 nitrogen and oxygen atoms in total. The van der Waals surface area contributed by atoms with E-state index < -0.39 is 5.41 Å². The molecule has 0 aromatic heterocycles. The summed E-state index contributed by atoms with van der Waals surface area (Å²) in [6.07, 6.45) is 0. The minimum absolute atomic E-state index is 0.223. The van der Waals surface area contributed by atoms with Gasteiger partial charge in [0.2, 0.25) is 0 Å². The zero-order valence-electron chi connectivity index (χ0n) is 30.1. The number of phenolic OH excluding ortho intramolecular Hbond substituents is 6. The highest BCUT2D eigenvalue weighted by Gasteiger charge is 2.32. The Morgan fingerprint density at radius 1 is 0.245 bits per heavy atom. The van der Waals surface area contributed by atoms with Crippen molar-refractivity contribution in [2.75, 3.05) is 0 Å². The van der Waals surface area contributed by atoms with Gasteiger partial charge >= 0.3 is 0 Å². The van der Waals surface area contributed by atoms with Crippen molar-refractivity contribution >= 4 is 0 Å². The molecular weight excluding hydrogens is 661 g/mol. The molecule has 0 aliphatic rings. The number of rotatable bonds is 5. The molecule has 53 heavy (non-hydrogen) atoms. The molecule has 270 valence electrons. The second-order valence-electron chi connectivity index (χ2n) is 13.0. The molecule has 7 aromatic rings. The summed E-state index contributed by atoms with van der Waals surface area (Å²) in [4.78, 5) is 0. The molecule has 0 saturated heterocycles. The Hall–Kier alpha value is -6.66. The van der Waals surface area contributed by atoms with Crippen LogP contribution >= 0.6 is 0 Å². The van der Waals surface area contributed by atoms with Crippen LogP contribution in [-0.2, 0) is 10.8 Å². The zero-order chi connectivity index (χ0) is 38.3. The van der Waals surface area contributed by atoms with Crippen molar-refractivity contribution in [1.82, 2.24) is 0 Å². The standard InChI is InChI=1S/C29H28O3.3C6H6O/c1-28(2,21-8-14-25(30)15-9-21)20-4-6-22(7-5-20)29(3,23-10-16-26(31)17-11-23)24-12-18-27(32)19-13-24;3*7-6-4-2-1-3-5-6/h4-19,30-32H,1-3H3;3*1-5,7H. The van der Waals surface area contributed by atoms with Crippen LogP contribution in [0, 0.1) is 0 Å². The fourth-order valence-electron chi connectivity index (χ4n) is 5.64. The smallest absolute Gasteiger partial charge is 0.115 e. The largest absolute Gasteiger partial charge is 0.508 e. The summed E-state index contributed by atoms with van der Waals surface area (Å²) in [5.41, 5.74) is 4.81. The number of hydrogen-bond donors (Lipinski definition) is 6. The van der Waals surface area contributed by atoms with E-state index in [2.05, 4.69) is 45.0 Å². The van der Waals surface area contributed by atoms with E-state index in [0.717, 1.165) is 22.3 Å². The Bertz CT molecular complexity index is 1930. The maximum Gasteiger partial charge on any atom is 0.115 e. The van der Waals surface area contributed by atoms with E-state index in [1.807, 2.05) is 54.6 Å². The van der Waals surface area contributed by atoms with Gasteiger partial charge in [0, 0.05) is 10.8 Å². The highest BCUT2D eigenvalue weighted by Crippen LogP contribution is 2.41. The molecule has 0 bridgehead atoms. The first kappa shape index (κ1) is 39.1. The molecule has 0 atom stereocenters. The first-order valence-electron chi connectivity index (χ1n) is 17.1. The Labute approximate surface area is 311 Å². The first-order chi connectivity index (χ1) is 25.4. The SMILES string of the molecule is CC(C)(c1ccc(O)cc1)c1ccc(C(C)(c2ccc(O)cc2)c2ccc(O)cc2)cc1.Oc1ccccc1.Oc1ccccc1.Oc1ccccc1. The van der Waals surface area contributed by atoms with Gasteiger partial charge in [-0.05, 0) is 108 Å². The van der Waals surface area contributed by atoms with Crippen LogP contribution in [0.5, 0.6) is 34.5 Å². The van der Waals surface area contributed by atoms with Gasteiger partial charge < -0.3 is 30.6 Å². The van der Waals surface area contributed by atoms with E-state index in [1.165, 1.54) is 5.56 Å². The van der Waals surface area contributed by atoms with Gasteiger partial charge in [0.05, 0.1) is 0 Å². The monoisotopic (exact) mass is 706 g/mol. The van der Waals surface area contributed by atoms with Crippen molar-refractivity contribution in [2.24, 2.45) is 0 Å². The van der Waals surface area contributed by atoms with Gasteiger partial charge in [0.25, 0.3) is 0 Å². The van der Waals surface area contributed by atoms with Crippen LogP contribution in [0.2, 0.25) is 0 Å². The van der Waals surface area contributed by atoms with Crippen LogP contribution in [0.3, 0.4) is 0 Å².